The normalized spacial score (nSPS) is 28.6. The number of hydrogen-bond acceptors (Lipinski definition) is 4. The molecule has 0 bridgehead atoms. The molecule has 6 heteroatoms. The molecule has 0 aromatic heterocycles. The highest BCUT2D eigenvalue weighted by Gasteiger charge is 2.20. The van der Waals surface area contributed by atoms with Crippen LogP contribution < -0.4 is 16.4 Å². The van der Waals surface area contributed by atoms with Gasteiger partial charge in [-0.15, -0.1) is 0 Å². The van der Waals surface area contributed by atoms with Crippen LogP contribution in [0.2, 0.25) is 0 Å². The molecule has 2 rings (SSSR count). The van der Waals surface area contributed by atoms with Crippen LogP contribution in [0, 0.1) is 0 Å². The molecule has 0 aromatic carbocycles. The highest BCUT2D eigenvalue weighted by Crippen LogP contribution is 2.05. The van der Waals surface area contributed by atoms with E-state index in [4.69, 9.17) is 10.8 Å². The van der Waals surface area contributed by atoms with Crippen LogP contribution in [-0.2, 0) is 9.59 Å². The van der Waals surface area contributed by atoms with Crippen molar-refractivity contribution in [1.29, 1.82) is 0 Å². The Bertz CT molecular complexity index is 265. The minimum absolute atomic E-state index is 0.0972. The van der Waals surface area contributed by atoms with Gasteiger partial charge in [0.2, 0.25) is 5.91 Å². The van der Waals surface area contributed by atoms with Crippen molar-refractivity contribution in [2.75, 3.05) is 6.54 Å². The summed E-state index contributed by atoms with van der Waals surface area (Å²) in [6.45, 7) is 0.858. The van der Waals surface area contributed by atoms with E-state index in [2.05, 4.69) is 10.6 Å². The van der Waals surface area contributed by atoms with E-state index >= 15 is 0 Å². The summed E-state index contributed by atoms with van der Waals surface area (Å²) in [7, 11) is 0. The van der Waals surface area contributed by atoms with Gasteiger partial charge in [-0.3, -0.25) is 9.59 Å². The molecule has 17 heavy (non-hydrogen) atoms. The Balaban J connectivity index is 0.000000171. The maximum absolute atomic E-state index is 10.7. The van der Waals surface area contributed by atoms with Crippen LogP contribution in [0.15, 0.2) is 0 Å². The van der Waals surface area contributed by atoms with Gasteiger partial charge >= 0.3 is 5.97 Å². The number of hydrogen-bond donors (Lipinski definition) is 4. The van der Waals surface area contributed by atoms with Gasteiger partial charge in [-0.1, -0.05) is 0 Å². The quantitative estimate of drug-likeness (QED) is 0.510. The third-order valence-corrected chi connectivity index (χ3v) is 2.87. The van der Waals surface area contributed by atoms with Gasteiger partial charge in [0.25, 0.3) is 0 Å². The number of carbonyl (C=O) groups is 2. The standard InChI is InChI=1S/C6H12N2O.C5H9NO2/c7-5-3-1-2-4-6(9)8-5;7-5(8)4-2-1-3-6-4/h5H,1-4,7H2,(H,8,9);4,6H,1-3H2,(H,7,8)/t5-;4-/m00/s1. The second-order valence-corrected chi connectivity index (χ2v) is 4.41. The van der Waals surface area contributed by atoms with Gasteiger partial charge in [0.15, 0.2) is 0 Å². The third-order valence-electron chi connectivity index (χ3n) is 2.87. The first-order chi connectivity index (χ1) is 8.09. The van der Waals surface area contributed by atoms with Crippen LogP contribution in [0.1, 0.15) is 38.5 Å². The summed E-state index contributed by atoms with van der Waals surface area (Å²) < 4.78 is 0. The van der Waals surface area contributed by atoms with Crippen LogP contribution in [0.5, 0.6) is 0 Å². The Morgan fingerprint density at radius 1 is 1.29 bits per heavy atom. The Kier molecular flexibility index (Phi) is 5.93. The maximum Gasteiger partial charge on any atom is 0.320 e. The lowest BCUT2D eigenvalue weighted by Gasteiger charge is -2.07. The average molecular weight is 243 g/mol. The lowest BCUT2D eigenvalue weighted by molar-refractivity contribution is -0.139. The molecule has 2 heterocycles. The van der Waals surface area contributed by atoms with E-state index in [0.29, 0.717) is 6.42 Å². The molecule has 0 radical (unpaired) electrons. The smallest absolute Gasteiger partial charge is 0.320 e. The predicted octanol–water partition coefficient (Wildman–Crippen LogP) is -0.216. The van der Waals surface area contributed by atoms with E-state index in [0.717, 1.165) is 38.6 Å². The molecular formula is C11H21N3O3. The van der Waals surface area contributed by atoms with Gasteiger partial charge in [-0.05, 0) is 38.6 Å². The zero-order valence-electron chi connectivity index (χ0n) is 9.95. The van der Waals surface area contributed by atoms with E-state index in [1.165, 1.54) is 0 Å². The number of carbonyl (C=O) groups excluding carboxylic acids is 1. The predicted molar refractivity (Wildman–Crippen MR) is 63.2 cm³/mol. The van der Waals surface area contributed by atoms with Crippen LogP contribution in [0.3, 0.4) is 0 Å². The van der Waals surface area contributed by atoms with Gasteiger partial charge in [0.1, 0.15) is 6.04 Å². The lowest BCUT2D eigenvalue weighted by atomic mass is 10.2. The second-order valence-electron chi connectivity index (χ2n) is 4.41. The number of carboxylic acids is 1. The van der Waals surface area contributed by atoms with Crippen molar-refractivity contribution in [2.45, 2.75) is 50.7 Å². The van der Waals surface area contributed by atoms with Crippen LogP contribution >= 0.6 is 0 Å². The van der Waals surface area contributed by atoms with E-state index in [9.17, 15) is 9.59 Å². The van der Waals surface area contributed by atoms with Gasteiger partial charge in [0.05, 0.1) is 6.17 Å². The van der Waals surface area contributed by atoms with E-state index in [-0.39, 0.29) is 18.1 Å². The highest BCUT2D eigenvalue weighted by molar-refractivity contribution is 5.76. The van der Waals surface area contributed by atoms with Crippen molar-refractivity contribution >= 4 is 11.9 Å². The van der Waals surface area contributed by atoms with Crippen molar-refractivity contribution in [3.05, 3.63) is 0 Å². The molecule has 2 fully saturated rings. The van der Waals surface area contributed by atoms with E-state index in [1.807, 2.05) is 0 Å². The molecule has 2 aliphatic rings. The highest BCUT2D eigenvalue weighted by atomic mass is 16.4. The fourth-order valence-electron chi connectivity index (χ4n) is 1.90. The van der Waals surface area contributed by atoms with Crippen molar-refractivity contribution in [2.24, 2.45) is 5.73 Å². The van der Waals surface area contributed by atoms with Crippen LogP contribution in [0.4, 0.5) is 0 Å². The SMILES string of the molecule is N[C@@H]1CCCCC(=O)N1.O=C(O)[C@@H]1CCCN1. The van der Waals surface area contributed by atoms with Crippen LogP contribution in [0.25, 0.3) is 0 Å². The van der Waals surface area contributed by atoms with Crippen LogP contribution in [-0.4, -0.2) is 35.7 Å². The van der Waals surface area contributed by atoms with E-state index < -0.39 is 5.97 Å². The Labute approximate surface area is 101 Å². The summed E-state index contributed by atoms with van der Waals surface area (Å²) in [6.07, 6.45) is 5.31. The van der Waals surface area contributed by atoms with Gasteiger partial charge < -0.3 is 21.5 Å². The lowest BCUT2D eigenvalue weighted by Crippen LogP contribution is -2.39. The Morgan fingerprint density at radius 3 is 2.59 bits per heavy atom. The summed E-state index contributed by atoms with van der Waals surface area (Å²) >= 11 is 0. The first-order valence-corrected chi connectivity index (χ1v) is 6.10. The molecule has 0 unspecified atom stereocenters. The molecular weight excluding hydrogens is 222 g/mol. The minimum atomic E-state index is -0.720. The number of nitrogens with two attached hydrogens (primary N) is 1. The Hall–Kier alpha value is -1.14. The first kappa shape index (κ1) is 13.9. The summed E-state index contributed by atoms with van der Waals surface area (Å²) in [6, 6.07) is -0.269. The van der Waals surface area contributed by atoms with Gasteiger partial charge in [-0.25, -0.2) is 0 Å². The number of carboxylic acid groups (broad SMARTS) is 1. The van der Waals surface area contributed by atoms with Gasteiger partial charge in [-0.2, -0.15) is 0 Å². The number of rotatable bonds is 1. The molecule has 2 saturated heterocycles. The van der Waals surface area contributed by atoms with Crippen molar-refractivity contribution in [3.63, 3.8) is 0 Å². The molecule has 0 aromatic rings. The maximum atomic E-state index is 10.7. The molecule has 0 spiro atoms. The number of nitrogens with one attached hydrogen (secondary N) is 2. The molecule has 1 amide bonds. The largest absolute Gasteiger partial charge is 0.480 e. The summed E-state index contributed by atoms with van der Waals surface area (Å²) in [4.78, 5) is 20.8. The molecule has 98 valence electrons. The zero-order valence-corrected chi connectivity index (χ0v) is 9.95. The average Bonchev–Trinajstić information content (AvgIpc) is 2.72. The van der Waals surface area contributed by atoms with Crippen molar-refractivity contribution in [3.8, 4) is 0 Å². The topological polar surface area (TPSA) is 104 Å². The van der Waals surface area contributed by atoms with E-state index in [1.54, 1.807) is 0 Å². The fraction of sp³-hybridized carbons (Fsp3) is 0.818. The molecule has 5 N–H and O–H groups in total. The van der Waals surface area contributed by atoms with Gasteiger partial charge in [0, 0.05) is 6.42 Å². The molecule has 2 atom stereocenters. The monoisotopic (exact) mass is 243 g/mol. The first-order valence-electron chi connectivity index (χ1n) is 6.10. The minimum Gasteiger partial charge on any atom is -0.480 e. The number of aliphatic carboxylic acids is 1. The molecule has 0 saturated carbocycles. The van der Waals surface area contributed by atoms with Crippen molar-refractivity contribution < 1.29 is 14.7 Å². The molecule has 2 aliphatic heterocycles. The zero-order chi connectivity index (χ0) is 12.7. The number of amides is 1. The fourth-order valence-corrected chi connectivity index (χ4v) is 1.90. The summed E-state index contributed by atoms with van der Waals surface area (Å²) in [5, 5.41) is 13.9. The third kappa shape index (κ3) is 5.65. The molecule has 0 aliphatic carbocycles. The molecule has 6 nitrogen and oxygen atoms in total. The summed E-state index contributed by atoms with van der Waals surface area (Å²) in [5.74, 6) is -0.623. The summed E-state index contributed by atoms with van der Waals surface area (Å²) in [5.41, 5.74) is 5.49. The Morgan fingerprint density at radius 2 is 2.06 bits per heavy atom. The van der Waals surface area contributed by atoms with Crippen molar-refractivity contribution in [1.82, 2.24) is 10.6 Å². The second kappa shape index (κ2) is 7.24.